The monoisotopic (exact) mass is 257 g/mol. The van der Waals surface area contributed by atoms with Gasteiger partial charge in [0.15, 0.2) is 6.10 Å². The number of carbonyl (C=O) groups is 2. The Hall–Kier alpha value is -1.14. The average Bonchev–Trinajstić information content (AvgIpc) is 2.97. The normalized spacial score (nSPS) is 31.8. The molecule has 1 N–H and O–H groups in total. The average molecular weight is 257 g/mol. The molecule has 0 saturated carbocycles. The van der Waals surface area contributed by atoms with E-state index >= 15 is 0 Å². The van der Waals surface area contributed by atoms with Gasteiger partial charge in [0.2, 0.25) is 0 Å². The van der Waals surface area contributed by atoms with E-state index in [0.717, 1.165) is 6.42 Å². The quantitative estimate of drug-likeness (QED) is 0.773. The molecule has 2 heterocycles. The van der Waals surface area contributed by atoms with Crippen LogP contribution in [0.2, 0.25) is 0 Å². The van der Waals surface area contributed by atoms with E-state index in [1.807, 2.05) is 0 Å². The Morgan fingerprint density at radius 3 is 2.67 bits per heavy atom. The first-order valence-electron chi connectivity index (χ1n) is 6.27. The van der Waals surface area contributed by atoms with Crippen LogP contribution >= 0.6 is 0 Å². The molecule has 6 nitrogen and oxygen atoms in total. The maximum absolute atomic E-state index is 12.1. The summed E-state index contributed by atoms with van der Waals surface area (Å²) in [5.74, 6) is -0.669. The molecule has 1 amide bonds. The third-order valence-electron chi connectivity index (χ3n) is 3.57. The second-order valence-corrected chi connectivity index (χ2v) is 4.92. The molecule has 2 aliphatic heterocycles. The van der Waals surface area contributed by atoms with E-state index in [2.05, 4.69) is 0 Å². The lowest BCUT2D eigenvalue weighted by atomic mass is 10.1. The summed E-state index contributed by atoms with van der Waals surface area (Å²) in [7, 11) is 1.65. The summed E-state index contributed by atoms with van der Waals surface area (Å²) in [5.41, 5.74) is 0. The molecule has 2 aliphatic rings. The topological polar surface area (TPSA) is 76.1 Å². The smallest absolute Gasteiger partial charge is 0.332 e. The van der Waals surface area contributed by atoms with Crippen LogP contribution in [0.15, 0.2) is 0 Å². The molecule has 102 valence electrons. The molecule has 18 heavy (non-hydrogen) atoms. The molecule has 0 radical (unpaired) electrons. The van der Waals surface area contributed by atoms with E-state index in [4.69, 9.17) is 14.6 Å². The number of hydrogen-bond donors (Lipinski definition) is 1. The summed E-state index contributed by atoms with van der Waals surface area (Å²) in [6.07, 6.45) is 0.459. The van der Waals surface area contributed by atoms with Gasteiger partial charge in [-0.05, 0) is 19.3 Å². The van der Waals surface area contributed by atoms with Gasteiger partial charge in [-0.25, -0.2) is 4.79 Å². The first-order valence-corrected chi connectivity index (χ1v) is 6.27. The minimum Gasteiger partial charge on any atom is -0.479 e. The zero-order chi connectivity index (χ0) is 13.1. The number of ether oxygens (including phenoxy) is 2. The second-order valence-electron chi connectivity index (χ2n) is 4.92. The number of carboxylic acids is 1. The first-order chi connectivity index (χ1) is 8.61. The van der Waals surface area contributed by atoms with Crippen molar-refractivity contribution in [2.75, 3.05) is 26.8 Å². The lowest BCUT2D eigenvalue weighted by Crippen LogP contribution is -2.38. The maximum atomic E-state index is 12.1. The Morgan fingerprint density at radius 1 is 1.33 bits per heavy atom. The highest BCUT2D eigenvalue weighted by Gasteiger charge is 2.38. The van der Waals surface area contributed by atoms with E-state index in [1.165, 1.54) is 0 Å². The zero-order valence-corrected chi connectivity index (χ0v) is 10.5. The van der Waals surface area contributed by atoms with Crippen LogP contribution < -0.4 is 0 Å². The maximum Gasteiger partial charge on any atom is 0.332 e. The van der Waals surface area contributed by atoms with Crippen LogP contribution in [-0.4, -0.2) is 60.9 Å². The summed E-state index contributed by atoms with van der Waals surface area (Å²) in [5, 5.41) is 8.82. The lowest BCUT2D eigenvalue weighted by Gasteiger charge is -2.20. The summed E-state index contributed by atoms with van der Waals surface area (Å²) >= 11 is 0. The Bertz CT molecular complexity index is 332. The van der Waals surface area contributed by atoms with Crippen molar-refractivity contribution in [3.05, 3.63) is 0 Å². The van der Waals surface area contributed by atoms with Gasteiger partial charge in [-0.15, -0.1) is 0 Å². The van der Waals surface area contributed by atoms with Gasteiger partial charge >= 0.3 is 5.97 Å². The van der Waals surface area contributed by atoms with Crippen LogP contribution in [0.5, 0.6) is 0 Å². The number of methoxy groups -OCH3 is 1. The van der Waals surface area contributed by atoms with Gasteiger partial charge in [-0.2, -0.15) is 0 Å². The number of aliphatic carboxylic acids is 1. The summed E-state index contributed by atoms with van der Waals surface area (Å²) in [6.45, 7) is 2.06. The molecule has 0 aromatic heterocycles. The number of amides is 1. The third-order valence-corrected chi connectivity index (χ3v) is 3.57. The highest BCUT2D eigenvalue weighted by Crippen LogP contribution is 2.24. The Morgan fingerprint density at radius 2 is 2.06 bits per heavy atom. The Kier molecular flexibility index (Phi) is 4.19. The highest BCUT2D eigenvalue weighted by atomic mass is 16.5. The van der Waals surface area contributed by atoms with Gasteiger partial charge in [-0.3, -0.25) is 4.79 Å². The van der Waals surface area contributed by atoms with Crippen LogP contribution in [0.1, 0.15) is 19.3 Å². The van der Waals surface area contributed by atoms with E-state index < -0.39 is 18.2 Å². The molecule has 2 fully saturated rings. The fraction of sp³-hybridized carbons (Fsp3) is 0.833. The van der Waals surface area contributed by atoms with Gasteiger partial charge in [0.05, 0.1) is 6.61 Å². The Balaban J connectivity index is 1.84. The number of rotatable bonds is 4. The van der Waals surface area contributed by atoms with Crippen molar-refractivity contribution in [3.63, 3.8) is 0 Å². The van der Waals surface area contributed by atoms with Gasteiger partial charge in [0.1, 0.15) is 6.10 Å². The van der Waals surface area contributed by atoms with Crippen LogP contribution in [0.4, 0.5) is 0 Å². The summed E-state index contributed by atoms with van der Waals surface area (Å²) in [6, 6.07) is 0. The van der Waals surface area contributed by atoms with Crippen molar-refractivity contribution in [1.82, 2.24) is 4.90 Å². The molecule has 6 heteroatoms. The highest BCUT2D eigenvalue weighted by molar-refractivity contribution is 5.83. The molecule has 0 aromatic carbocycles. The number of hydrogen-bond acceptors (Lipinski definition) is 4. The molecule has 0 aliphatic carbocycles. The SMILES string of the molecule is COCC1CCN(C(=O)C2CCC(C(=O)O)O2)C1. The first kappa shape index (κ1) is 13.3. The molecule has 2 saturated heterocycles. The fourth-order valence-electron chi connectivity index (χ4n) is 2.61. The zero-order valence-electron chi connectivity index (χ0n) is 10.5. The van der Waals surface area contributed by atoms with Gasteiger partial charge in [0.25, 0.3) is 5.91 Å². The summed E-state index contributed by atoms with van der Waals surface area (Å²) in [4.78, 5) is 24.7. The number of nitrogens with zero attached hydrogens (tertiary/aromatic N) is 1. The molecule has 3 unspecified atom stereocenters. The number of likely N-dealkylation sites (tertiary alicyclic amines) is 1. The van der Waals surface area contributed by atoms with Crippen molar-refractivity contribution >= 4 is 11.9 Å². The molecule has 3 atom stereocenters. The Labute approximate surface area is 106 Å². The largest absolute Gasteiger partial charge is 0.479 e. The van der Waals surface area contributed by atoms with Crippen molar-refractivity contribution in [2.45, 2.75) is 31.5 Å². The van der Waals surface area contributed by atoms with E-state index in [-0.39, 0.29) is 5.91 Å². The predicted octanol–water partition coefficient (Wildman–Crippen LogP) is 0.114. The van der Waals surface area contributed by atoms with Crippen molar-refractivity contribution in [2.24, 2.45) is 5.92 Å². The molecule has 0 spiro atoms. The van der Waals surface area contributed by atoms with E-state index in [9.17, 15) is 9.59 Å². The molecule has 0 aromatic rings. The van der Waals surface area contributed by atoms with Crippen molar-refractivity contribution in [3.8, 4) is 0 Å². The molecule has 0 bridgehead atoms. The number of carbonyl (C=O) groups excluding carboxylic acids is 1. The second kappa shape index (κ2) is 5.67. The van der Waals surface area contributed by atoms with E-state index in [1.54, 1.807) is 12.0 Å². The summed E-state index contributed by atoms with van der Waals surface area (Å²) < 4.78 is 10.4. The fourth-order valence-corrected chi connectivity index (χ4v) is 2.61. The van der Waals surface area contributed by atoms with Gasteiger partial charge < -0.3 is 19.5 Å². The third kappa shape index (κ3) is 2.81. The van der Waals surface area contributed by atoms with Gasteiger partial charge in [0, 0.05) is 26.1 Å². The molecular formula is C12H19NO5. The lowest BCUT2D eigenvalue weighted by molar-refractivity contribution is -0.154. The minimum atomic E-state index is -0.982. The van der Waals surface area contributed by atoms with Crippen LogP contribution in [-0.2, 0) is 19.1 Å². The van der Waals surface area contributed by atoms with Crippen LogP contribution in [0, 0.1) is 5.92 Å². The molecular weight excluding hydrogens is 238 g/mol. The molecule has 2 rings (SSSR count). The van der Waals surface area contributed by atoms with Crippen LogP contribution in [0.25, 0.3) is 0 Å². The van der Waals surface area contributed by atoms with Crippen molar-refractivity contribution < 1.29 is 24.2 Å². The van der Waals surface area contributed by atoms with Crippen LogP contribution in [0.3, 0.4) is 0 Å². The predicted molar refractivity (Wildman–Crippen MR) is 62.1 cm³/mol. The van der Waals surface area contributed by atoms with Gasteiger partial charge in [-0.1, -0.05) is 0 Å². The number of carboxylic acid groups (broad SMARTS) is 1. The van der Waals surface area contributed by atoms with E-state index in [0.29, 0.717) is 38.5 Å². The van der Waals surface area contributed by atoms with Crippen molar-refractivity contribution in [1.29, 1.82) is 0 Å². The minimum absolute atomic E-state index is 0.0719. The standard InChI is InChI=1S/C12H19NO5/c1-17-7-8-4-5-13(6-8)11(14)9-2-3-10(18-9)12(15)16/h8-10H,2-7H2,1H3,(H,15,16).